The van der Waals surface area contributed by atoms with Crippen LogP contribution in [-0.2, 0) is 22.7 Å². The van der Waals surface area contributed by atoms with Crippen molar-refractivity contribution >= 4 is 16.9 Å². The van der Waals surface area contributed by atoms with Crippen LogP contribution in [0.2, 0.25) is 0 Å². The van der Waals surface area contributed by atoms with Crippen LogP contribution >= 0.6 is 0 Å². The van der Waals surface area contributed by atoms with Gasteiger partial charge >= 0.3 is 5.97 Å². The van der Waals surface area contributed by atoms with Gasteiger partial charge in [-0.1, -0.05) is 24.3 Å². The molecule has 0 bridgehead atoms. The van der Waals surface area contributed by atoms with Gasteiger partial charge in [0.05, 0.1) is 24.3 Å². The van der Waals surface area contributed by atoms with Crippen LogP contribution in [0.4, 0.5) is 0 Å². The quantitative estimate of drug-likeness (QED) is 0.673. The molecule has 0 N–H and O–H groups in total. The molecule has 0 saturated carbocycles. The lowest BCUT2D eigenvalue weighted by Crippen LogP contribution is -2.25. The monoisotopic (exact) mass is 324 g/mol. The van der Waals surface area contributed by atoms with Gasteiger partial charge in [0.2, 0.25) is 0 Å². The smallest absolute Gasteiger partial charge is 0.326 e. The Kier molecular flexibility index (Phi) is 4.56. The minimum atomic E-state index is -0.503. The van der Waals surface area contributed by atoms with Crippen molar-refractivity contribution in [2.24, 2.45) is 0 Å². The van der Waals surface area contributed by atoms with Crippen molar-refractivity contribution in [3.05, 3.63) is 70.8 Å². The fraction of sp³-hybridized carbons (Fsp3) is 0.167. The van der Waals surface area contributed by atoms with Gasteiger partial charge in [-0.2, -0.15) is 0 Å². The van der Waals surface area contributed by atoms with Crippen LogP contribution < -0.4 is 10.3 Å². The number of carbonyl (C=O) groups excluding carboxylic acids is 1. The number of hydrogen-bond donors (Lipinski definition) is 0. The van der Waals surface area contributed by atoms with E-state index in [-0.39, 0.29) is 18.7 Å². The fourth-order valence-electron chi connectivity index (χ4n) is 2.33. The van der Waals surface area contributed by atoms with E-state index in [0.717, 1.165) is 5.56 Å². The number of aromatic nitrogens is 2. The first kappa shape index (κ1) is 15.7. The van der Waals surface area contributed by atoms with Crippen LogP contribution in [0.3, 0.4) is 0 Å². The molecule has 0 aliphatic heterocycles. The standard InChI is InChI=1S/C18H16N2O4/c1-23-14-6-4-5-13(9-14)11-24-17(21)10-20-12-19-16-8-3-2-7-15(16)18(20)22/h2-9,12H,10-11H2,1H3. The number of para-hydroxylation sites is 1. The van der Waals surface area contributed by atoms with Gasteiger partial charge < -0.3 is 9.47 Å². The Hall–Kier alpha value is -3.15. The summed E-state index contributed by atoms with van der Waals surface area (Å²) in [6.45, 7) is -0.0631. The molecule has 0 amide bonds. The summed E-state index contributed by atoms with van der Waals surface area (Å²) in [6, 6.07) is 14.3. The Balaban J connectivity index is 1.69. The van der Waals surface area contributed by atoms with E-state index in [1.807, 2.05) is 24.3 Å². The van der Waals surface area contributed by atoms with Gasteiger partial charge in [0.25, 0.3) is 5.56 Å². The highest BCUT2D eigenvalue weighted by atomic mass is 16.5. The zero-order valence-corrected chi connectivity index (χ0v) is 13.1. The molecule has 1 aromatic heterocycles. The minimum absolute atomic E-state index is 0.117. The van der Waals surface area contributed by atoms with Gasteiger partial charge in [-0.3, -0.25) is 14.2 Å². The lowest BCUT2D eigenvalue weighted by Gasteiger charge is -2.08. The Morgan fingerprint density at radius 3 is 2.83 bits per heavy atom. The number of hydrogen-bond acceptors (Lipinski definition) is 5. The average molecular weight is 324 g/mol. The first-order valence-electron chi connectivity index (χ1n) is 7.40. The summed E-state index contributed by atoms with van der Waals surface area (Å²) in [5, 5.41) is 0.473. The highest BCUT2D eigenvalue weighted by molar-refractivity contribution is 5.77. The summed E-state index contributed by atoms with van der Waals surface area (Å²) < 4.78 is 11.6. The van der Waals surface area contributed by atoms with Crippen LogP contribution in [0.25, 0.3) is 10.9 Å². The van der Waals surface area contributed by atoms with Gasteiger partial charge in [0.15, 0.2) is 0 Å². The first-order valence-corrected chi connectivity index (χ1v) is 7.40. The third kappa shape index (κ3) is 3.43. The number of fused-ring (bicyclic) bond motifs is 1. The SMILES string of the molecule is COc1cccc(COC(=O)Cn2cnc3ccccc3c2=O)c1. The molecule has 0 aliphatic carbocycles. The Bertz CT molecular complexity index is 933. The van der Waals surface area contributed by atoms with Crippen molar-refractivity contribution in [3.8, 4) is 5.75 Å². The van der Waals surface area contributed by atoms with E-state index in [1.165, 1.54) is 10.9 Å². The largest absolute Gasteiger partial charge is 0.497 e. The Morgan fingerprint density at radius 1 is 1.17 bits per heavy atom. The van der Waals surface area contributed by atoms with E-state index in [2.05, 4.69) is 4.98 Å². The molecule has 0 fully saturated rings. The van der Waals surface area contributed by atoms with Crippen LogP contribution in [-0.4, -0.2) is 22.6 Å². The normalized spacial score (nSPS) is 10.5. The molecule has 24 heavy (non-hydrogen) atoms. The maximum Gasteiger partial charge on any atom is 0.326 e. The fourth-order valence-corrected chi connectivity index (χ4v) is 2.33. The average Bonchev–Trinajstić information content (AvgIpc) is 2.63. The number of ether oxygens (including phenoxy) is 2. The molecule has 0 atom stereocenters. The molecule has 0 aliphatic rings. The Morgan fingerprint density at radius 2 is 2.00 bits per heavy atom. The van der Waals surface area contributed by atoms with Crippen molar-refractivity contribution < 1.29 is 14.3 Å². The van der Waals surface area contributed by atoms with E-state index in [4.69, 9.17) is 9.47 Å². The van der Waals surface area contributed by atoms with Gasteiger partial charge in [0.1, 0.15) is 18.9 Å². The predicted molar refractivity (Wildman–Crippen MR) is 88.8 cm³/mol. The van der Waals surface area contributed by atoms with Crippen LogP contribution in [0, 0.1) is 0 Å². The maximum absolute atomic E-state index is 12.3. The first-order chi connectivity index (χ1) is 11.7. The molecule has 2 aromatic carbocycles. The third-order valence-electron chi connectivity index (χ3n) is 3.56. The van der Waals surface area contributed by atoms with Crippen molar-refractivity contribution in [2.45, 2.75) is 13.2 Å². The summed E-state index contributed by atoms with van der Waals surface area (Å²) in [4.78, 5) is 28.5. The number of benzene rings is 2. The number of nitrogens with zero attached hydrogens (tertiary/aromatic N) is 2. The predicted octanol–water partition coefficient (Wildman–Crippen LogP) is 2.15. The molecule has 122 valence electrons. The molecule has 1 heterocycles. The molecular formula is C18H16N2O4. The summed E-state index contributed by atoms with van der Waals surface area (Å²) in [5.41, 5.74) is 1.15. The van der Waals surface area contributed by atoms with Crippen molar-refractivity contribution in [1.82, 2.24) is 9.55 Å². The summed E-state index contributed by atoms with van der Waals surface area (Å²) in [6.07, 6.45) is 1.36. The molecule has 0 spiro atoms. The number of esters is 1. The molecule has 0 unspecified atom stereocenters. The van der Waals surface area contributed by atoms with Gasteiger partial charge in [-0.05, 0) is 29.8 Å². The molecule has 3 rings (SSSR count). The van der Waals surface area contributed by atoms with E-state index < -0.39 is 5.97 Å². The molecule has 0 radical (unpaired) electrons. The van der Waals surface area contributed by atoms with E-state index in [0.29, 0.717) is 16.7 Å². The third-order valence-corrected chi connectivity index (χ3v) is 3.56. The second kappa shape index (κ2) is 6.95. The number of methoxy groups -OCH3 is 1. The van der Waals surface area contributed by atoms with E-state index in [1.54, 1.807) is 31.4 Å². The van der Waals surface area contributed by atoms with Gasteiger partial charge in [-0.15, -0.1) is 0 Å². The van der Waals surface area contributed by atoms with Crippen molar-refractivity contribution in [1.29, 1.82) is 0 Å². The van der Waals surface area contributed by atoms with Crippen LogP contribution in [0.5, 0.6) is 5.75 Å². The van der Waals surface area contributed by atoms with Crippen LogP contribution in [0.1, 0.15) is 5.56 Å². The topological polar surface area (TPSA) is 70.4 Å². The zero-order valence-electron chi connectivity index (χ0n) is 13.1. The second-order valence-electron chi connectivity index (χ2n) is 5.21. The lowest BCUT2D eigenvalue weighted by atomic mass is 10.2. The summed E-state index contributed by atoms with van der Waals surface area (Å²) in [7, 11) is 1.57. The van der Waals surface area contributed by atoms with Crippen LogP contribution in [0.15, 0.2) is 59.7 Å². The molecule has 6 heteroatoms. The minimum Gasteiger partial charge on any atom is -0.497 e. The molecule has 6 nitrogen and oxygen atoms in total. The molecule has 3 aromatic rings. The van der Waals surface area contributed by atoms with Crippen molar-refractivity contribution in [3.63, 3.8) is 0 Å². The number of rotatable bonds is 5. The van der Waals surface area contributed by atoms with Gasteiger partial charge in [-0.25, -0.2) is 4.98 Å². The maximum atomic E-state index is 12.3. The van der Waals surface area contributed by atoms with Crippen molar-refractivity contribution in [2.75, 3.05) is 7.11 Å². The zero-order chi connectivity index (χ0) is 16.9. The summed E-state index contributed by atoms with van der Waals surface area (Å²) >= 11 is 0. The highest BCUT2D eigenvalue weighted by Crippen LogP contribution is 2.13. The summed E-state index contributed by atoms with van der Waals surface area (Å²) in [5.74, 6) is 0.190. The Labute approximate surface area is 138 Å². The number of carbonyl (C=O) groups is 1. The highest BCUT2D eigenvalue weighted by Gasteiger charge is 2.09. The van der Waals surface area contributed by atoms with E-state index in [9.17, 15) is 9.59 Å². The lowest BCUT2D eigenvalue weighted by molar-refractivity contribution is -0.145. The second-order valence-corrected chi connectivity index (χ2v) is 5.21. The van der Waals surface area contributed by atoms with E-state index >= 15 is 0 Å². The molecule has 0 saturated heterocycles. The van der Waals surface area contributed by atoms with Gasteiger partial charge in [0, 0.05) is 0 Å². The molecular weight excluding hydrogens is 308 g/mol.